The summed E-state index contributed by atoms with van der Waals surface area (Å²) in [6.07, 6.45) is 5.08. The summed E-state index contributed by atoms with van der Waals surface area (Å²) in [6, 6.07) is 0.763. The molecule has 5 nitrogen and oxygen atoms in total. The van der Waals surface area contributed by atoms with Gasteiger partial charge in [-0.2, -0.15) is 0 Å². The number of amides is 1. The van der Waals surface area contributed by atoms with E-state index in [0.29, 0.717) is 24.2 Å². The molecule has 0 aromatic heterocycles. The summed E-state index contributed by atoms with van der Waals surface area (Å²) in [5.74, 6) is 0.363. The van der Waals surface area contributed by atoms with Gasteiger partial charge >= 0.3 is 0 Å². The van der Waals surface area contributed by atoms with Gasteiger partial charge in [0.1, 0.15) is 0 Å². The van der Waals surface area contributed by atoms with Crippen molar-refractivity contribution in [3.8, 4) is 0 Å². The fraction of sp³-hybridized carbons (Fsp3) is 0.941. The number of likely N-dealkylation sites (N-methyl/N-ethyl adjacent to an activating group) is 1. The number of piperidine rings is 1. The molecule has 3 aliphatic heterocycles. The summed E-state index contributed by atoms with van der Waals surface area (Å²) in [5, 5.41) is 0. The summed E-state index contributed by atoms with van der Waals surface area (Å²) in [7, 11) is 2.08. The summed E-state index contributed by atoms with van der Waals surface area (Å²) in [6.45, 7) is 9.31. The van der Waals surface area contributed by atoms with Crippen LogP contribution in [0.4, 0.5) is 0 Å². The number of carbonyl (C=O) groups excluding carboxylic acids is 1. The molecule has 3 heterocycles. The fourth-order valence-corrected chi connectivity index (χ4v) is 4.40. The van der Waals surface area contributed by atoms with Gasteiger partial charge in [-0.25, -0.2) is 0 Å². The topological polar surface area (TPSA) is 36.0 Å². The van der Waals surface area contributed by atoms with Crippen molar-refractivity contribution >= 4 is 5.91 Å². The van der Waals surface area contributed by atoms with E-state index in [1.165, 1.54) is 0 Å². The van der Waals surface area contributed by atoms with E-state index < -0.39 is 0 Å². The van der Waals surface area contributed by atoms with Gasteiger partial charge in [0.05, 0.1) is 18.2 Å². The molecule has 0 aromatic rings. The first-order valence-corrected chi connectivity index (χ1v) is 8.93. The Labute approximate surface area is 134 Å². The Morgan fingerprint density at radius 3 is 2.18 bits per heavy atom. The minimum absolute atomic E-state index is 0.139. The van der Waals surface area contributed by atoms with E-state index in [-0.39, 0.29) is 6.04 Å². The molecule has 3 aliphatic rings. The number of morpholine rings is 1. The smallest absolute Gasteiger partial charge is 0.239 e. The van der Waals surface area contributed by atoms with Crippen molar-refractivity contribution in [3.05, 3.63) is 0 Å². The van der Waals surface area contributed by atoms with E-state index in [1.54, 1.807) is 0 Å². The first-order chi connectivity index (χ1) is 10.5. The Balaban J connectivity index is 1.51. The molecular formula is C17H31N3O2. The van der Waals surface area contributed by atoms with Crippen molar-refractivity contribution in [1.82, 2.24) is 14.7 Å². The van der Waals surface area contributed by atoms with Crippen molar-refractivity contribution in [3.63, 3.8) is 0 Å². The van der Waals surface area contributed by atoms with Crippen LogP contribution in [0.2, 0.25) is 0 Å². The maximum absolute atomic E-state index is 12.6. The van der Waals surface area contributed by atoms with Crippen LogP contribution in [0.3, 0.4) is 0 Å². The Morgan fingerprint density at radius 2 is 1.64 bits per heavy atom. The summed E-state index contributed by atoms with van der Waals surface area (Å²) < 4.78 is 5.83. The van der Waals surface area contributed by atoms with E-state index in [9.17, 15) is 4.79 Å². The molecule has 126 valence electrons. The van der Waals surface area contributed by atoms with Gasteiger partial charge < -0.3 is 9.64 Å². The van der Waals surface area contributed by atoms with Crippen LogP contribution < -0.4 is 0 Å². The SMILES string of the molecule is C[C@@H]1CN(C2CCN(C(=O)[C@@H]3CCCN3C)CC2)C[C@H](C)O1. The third-order valence-electron chi connectivity index (χ3n) is 5.55. The molecule has 0 spiro atoms. The van der Waals surface area contributed by atoms with Crippen LogP contribution in [0.1, 0.15) is 39.5 Å². The minimum atomic E-state index is 0.139. The van der Waals surface area contributed by atoms with Gasteiger partial charge in [0.15, 0.2) is 0 Å². The van der Waals surface area contributed by atoms with Crippen LogP contribution in [0.5, 0.6) is 0 Å². The number of ether oxygens (including phenoxy) is 1. The van der Waals surface area contributed by atoms with Crippen LogP contribution in [-0.2, 0) is 9.53 Å². The summed E-state index contributed by atoms with van der Waals surface area (Å²) in [4.78, 5) is 19.6. The van der Waals surface area contributed by atoms with Crippen LogP contribution in [0, 0.1) is 0 Å². The Bertz CT molecular complexity index is 385. The summed E-state index contributed by atoms with van der Waals surface area (Å²) in [5.41, 5.74) is 0. The molecular weight excluding hydrogens is 278 g/mol. The van der Waals surface area contributed by atoms with Gasteiger partial charge in [0.25, 0.3) is 0 Å². The number of nitrogens with zero attached hydrogens (tertiary/aromatic N) is 3. The maximum Gasteiger partial charge on any atom is 0.239 e. The van der Waals surface area contributed by atoms with Gasteiger partial charge in [-0.3, -0.25) is 14.6 Å². The second kappa shape index (κ2) is 6.85. The Kier molecular flexibility index (Phi) is 5.05. The molecule has 3 rings (SSSR count). The molecule has 3 saturated heterocycles. The number of hydrogen-bond donors (Lipinski definition) is 0. The van der Waals surface area contributed by atoms with Crippen molar-refractivity contribution in [2.24, 2.45) is 0 Å². The largest absolute Gasteiger partial charge is 0.373 e. The van der Waals surface area contributed by atoms with Crippen molar-refractivity contribution in [2.45, 2.75) is 63.8 Å². The van der Waals surface area contributed by atoms with Crippen LogP contribution >= 0.6 is 0 Å². The highest BCUT2D eigenvalue weighted by atomic mass is 16.5. The highest BCUT2D eigenvalue weighted by molar-refractivity contribution is 5.82. The lowest BCUT2D eigenvalue weighted by atomic mass is 10.0. The monoisotopic (exact) mass is 309 g/mol. The van der Waals surface area contributed by atoms with E-state index in [4.69, 9.17) is 4.74 Å². The first kappa shape index (κ1) is 16.2. The molecule has 0 aliphatic carbocycles. The lowest BCUT2D eigenvalue weighted by Gasteiger charge is -2.44. The van der Waals surface area contributed by atoms with Gasteiger partial charge in [-0.15, -0.1) is 0 Å². The van der Waals surface area contributed by atoms with Crippen LogP contribution in [0.15, 0.2) is 0 Å². The molecule has 3 atom stereocenters. The third kappa shape index (κ3) is 3.47. The quantitative estimate of drug-likeness (QED) is 0.767. The molecule has 5 heteroatoms. The Hall–Kier alpha value is -0.650. The lowest BCUT2D eigenvalue weighted by molar-refractivity contribution is -0.138. The molecule has 0 unspecified atom stereocenters. The zero-order valence-corrected chi connectivity index (χ0v) is 14.3. The van der Waals surface area contributed by atoms with Crippen molar-refractivity contribution in [1.29, 1.82) is 0 Å². The Morgan fingerprint density at radius 1 is 1.00 bits per heavy atom. The van der Waals surface area contributed by atoms with Gasteiger partial charge in [-0.05, 0) is 53.1 Å². The normalized spacial score (nSPS) is 36.0. The molecule has 0 saturated carbocycles. The van der Waals surface area contributed by atoms with Gasteiger partial charge in [0, 0.05) is 32.2 Å². The lowest BCUT2D eigenvalue weighted by Crippen LogP contribution is -2.55. The van der Waals surface area contributed by atoms with Gasteiger partial charge in [0.2, 0.25) is 5.91 Å². The highest BCUT2D eigenvalue weighted by Crippen LogP contribution is 2.24. The maximum atomic E-state index is 12.6. The zero-order chi connectivity index (χ0) is 15.7. The molecule has 0 aromatic carbocycles. The van der Waals surface area contributed by atoms with E-state index >= 15 is 0 Å². The van der Waals surface area contributed by atoms with Crippen molar-refractivity contribution < 1.29 is 9.53 Å². The molecule has 3 fully saturated rings. The average molecular weight is 309 g/mol. The second-order valence-electron chi connectivity index (χ2n) is 7.41. The van der Waals surface area contributed by atoms with Crippen LogP contribution in [0.25, 0.3) is 0 Å². The fourth-order valence-electron chi connectivity index (χ4n) is 4.40. The van der Waals surface area contributed by atoms with Crippen LogP contribution in [-0.4, -0.2) is 84.7 Å². The predicted molar refractivity (Wildman–Crippen MR) is 86.8 cm³/mol. The number of likely N-dealkylation sites (tertiary alicyclic amines) is 2. The molecule has 0 N–H and O–H groups in total. The first-order valence-electron chi connectivity index (χ1n) is 8.93. The number of carbonyl (C=O) groups is 1. The minimum Gasteiger partial charge on any atom is -0.373 e. The van der Waals surface area contributed by atoms with Crippen molar-refractivity contribution in [2.75, 3.05) is 39.8 Å². The zero-order valence-electron chi connectivity index (χ0n) is 14.3. The molecule has 0 bridgehead atoms. The second-order valence-corrected chi connectivity index (χ2v) is 7.41. The van der Waals surface area contributed by atoms with E-state index in [0.717, 1.165) is 58.4 Å². The third-order valence-corrected chi connectivity index (χ3v) is 5.55. The number of hydrogen-bond acceptors (Lipinski definition) is 4. The molecule has 22 heavy (non-hydrogen) atoms. The molecule has 1 amide bonds. The predicted octanol–water partition coefficient (Wildman–Crippen LogP) is 1.18. The van der Waals surface area contributed by atoms with E-state index in [1.807, 2.05) is 0 Å². The van der Waals surface area contributed by atoms with E-state index in [2.05, 4.69) is 35.6 Å². The highest BCUT2D eigenvalue weighted by Gasteiger charge is 2.35. The van der Waals surface area contributed by atoms with Gasteiger partial charge in [-0.1, -0.05) is 0 Å². The molecule has 0 radical (unpaired) electrons. The standard InChI is InChI=1S/C17H31N3O2/c1-13-11-20(12-14(2)22-13)15-6-9-19(10-7-15)17(21)16-5-4-8-18(16)3/h13-16H,4-12H2,1-3H3/t13-,14+,16-/m0/s1. The average Bonchev–Trinajstić information content (AvgIpc) is 2.92. The number of rotatable bonds is 2. The summed E-state index contributed by atoms with van der Waals surface area (Å²) >= 11 is 0.